The molecule has 1 radical (unpaired) electrons. The van der Waals surface area contributed by atoms with Gasteiger partial charge in [-0.2, -0.15) is 0 Å². The Kier molecular flexibility index (Phi) is 1.98. The first-order valence-corrected chi connectivity index (χ1v) is 6.91. The minimum atomic E-state index is -0.154. The number of halogens is 1. The number of rotatable bonds is 1. The number of hydrogen-bond donors (Lipinski definition) is 0. The van der Waals surface area contributed by atoms with Crippen LogP contribution in [0.4, 0.5) is 4.39 Å². The Morgan fingerprint density at radius 3 is 2.06 bits per heavy atom. The smallest absolute Gasteiger partial charge is 0.123 e. The Hall–Kier alpha value is -0.850. The average molecular weight is 229 g/mol. The van der Waals surface area contributed by atoms with E-state index in [-0.39, 0.29) is 5.82 Å². The summed E-state index contributed by atoms with van der Waals surface area (Å²) in [7, 11) is 0. The summed E-state index contributed by atoms with van der Waals surface area (Å²) in [4.78, 5) is 0. The van der Waals surface area contributed by atoms with Gasteiger partial charge in [0, 0.05) is 0 Å². The molecular formula is C16H18F. The minimum absolute atomic E-state index is 0.154. The highest BCUT2D eigenvalue weighted by Crippen LogP contribution is 2.60. The summed E-state index contributed by atoms with van der Waals surface area (Å²) >= 11 is 0. The summed E-state index contributed by atoms with van der Waals surface area (Å²) in [5.74, 6) is 2.68. The zero-order valence-corrected chi connectivity index (χ0v) is 10.1. The summed E-state index contributed by atoms with van der Waals surface area (Å²) in [6.45, 7) is 0. The van der Waals surface area contributed by atoms with Crippen LogP contribution in [0.25, 0.3) is 0 Å². The lowest BCUT2D eigenvalue weighted by molar-refractivity contribution is -0.00533. The van der Waals surface area contributed by atoms with Gasteiger partial charge in [0.2, 0.25) is 0 Å². The second-order valence-electron chi connectivity index (χ2n) is 6.62. The van der Waals surface area contributed by atoms with Crippen molar-refractivity contribution in [1.82, 2.24) is 0 Å². The summed E-state index contributed by atoms with van der Waals surface area (Å²) < 4.78 is 13.0. The molecule has 89 valence electrons. The third-order valence-corrected chi connectivity index (χ3v) is 5.38. The van der Waals surface area contributed by atoms with Gasteiger partial charge in [-0.25, -0.2) is 4.39 Å². The lowest BCUT2D eigenvalue weighted by atomic mass is 9.48. The van der Waals surface area contributed by atoms with Gasteiger partial charge < -0.3 is 0 Å². The Labute approximate surface area is 102 Å². The monoisotopic (exact) mass is 229 g/mol. The second-order valence-corrected chi connectivity index (χ2v) is 6.62. The lowest BCUT2D eigenvalue weighted by Gasteiger charge is -2.57. The van der Waals surface area contributed by atoms with Crippen molar-refractivity contribution in [3.05, 3.63) is 35.6 Å². The van der Waals surface area contributed by atoms with Crippen LogP contribution < -0.4 is 0 Å². The summed E-state index contributed by atoms with van der Waals surface area (Å²) in [5.41, 5.74) is 1.65. The minimum Gasteiger partial charge on any atom is -0.207 e. The molecule has 0 spiro atoms. The molecule has 0 aliphatic heterocycles. The maximum Gasteiger partial charge on any atom is 0.123 e. The molecule has 0 nitrogen and oxygen atoms in total. The molecule has 1 aromatic rings. The Balaban J connectivity index is 1.74. The van der Waals surface area contributed by atoms with Crippen LogP contribution >= 0.6 is 0 Å². The van der Waals surface area contributed by atoms with Crippen molar-refractivity contribution in [1.29, 1.82) is 0 Å². The van der Waals surface area contributed by atoms with Gasteiger partial charge in [0.1, 0.15) is 5.82 Å². The van der Waals surface area contributed by atoms with Crippen molar-refractivity contribution in [3.63, 3.8) is 0 Å². The van der Waals surface area contributed by atoms with Crippen molar-refractivity contribution in [2.75, 3.05) is 0 Å². The van der Waals surface area contributed by atoms with Crippen molar-refractivity contribution in [3.8, 4) is 0 Å². The zero-order valence-electron chi connectivity index (χ0n) is 10.1. The first-order chi connectivity index (χ1) is 8.23. The molecule has 1 heteroatoms. The van der Waals surface area contributed by atoms with Gasteiger partial charge in [0.05, 0.1) is 0 Å². The van der Waals surface area contributed by atoms with Crippen LogP contribution in [0.3, 0.4) is 0 Å². The van der Waals surface area contributed by atoms with Crippen LogP contribution in [-0.2, 0) is 5.41 Å². The predicted octanol–water partition coefficient (Wildman–Crippen LogP) is 4.09. The molecule has 0 N–H and O–H groups in total. The van der Waals surface area contributed by atoms with Gasteiger partial charge in [-0.1, -0.05) is 6.07 Å². The highest BCUT2D eigenvalue weighted by atomic mass is 19.1. The standard InChI is InChI=1S/C16H18F/c17-15-3-1-14(2-4-15)16-8-11-5-12(9-16)7-13(6-11)10-16/h1,3-4,11-13H,5-10H2. The zero-order chi connectivity index (χ0) is 11.5. The molecule has 0 aromatic heterocycles. The molecule has 0 saturated heterocycles. The third kappa shape index (κ3) is 1.47. The molecule has 5 rings (SSSR count). The predicted molar refractivity (Wildman–Crippen MR) is 65.1 cm³/mol. The molecule has 1 aromatic carbocycles. The normalized spacial score (nSPS) is 43.0. The SMILES string of the molecule is Fc1c[c]c(C23CC4CC(CC(C4)C2)C3)cc1. The summed E-state index contributed by atoms with van der Waals surface area (Å²) in [6.07, 6.45) is 8.38. The van der Waals surface area contributed by atoms with Crippen LogP contribution in [0.15, 0.2) is 18.2 Å². The summed E-state index contributed by atoms with van der Waals surface area (Å²) in [6, 6.07) is 8.34. The van der Waals surface area contributed by atoms with E-state index in [0.29, 0.717) is 5.41 Å². The molecule has 4 saturated carbocycles. The van der Waals surface area contributed by atoms with Crippen molar-refractivity contribution >= 4 is 0 Å². The fourth-order valence-corrected chi connectivity index (χ4v) is 5.18. The van der Waals surface area contributed by atoms with E-state index in [1.807, 2.05) is 6.07 Å². The first-order valence-electron chi connectivity index (χ1n) is 6.91. The van der Waals surface area contributed by atoms with E-state index in [1.54, 1.807) is 6.07 Å². The lowest BCUT2D eigenvalue weighted by Crippen LogP contribution is -2.48. The van der Waals surface area contributed by atoms with Crippen LogP contribution in [0.2, 0.25) is 0 Å². The fraction of sp³-hybridized carbons (Fsp3) is 0.625. The van der Waals surface area contributed by atoms with E-state index in [1.165, 1.54) is 50.2 Å². The van der Waals surface area contributed by atoms with E-state index in [4.69, 9.17) is 0 Å². The highest BCUT2D eigenvalue weighted by Gasteiger charge is 2.51. The van der Waals surface area contributed by atoms with E-state index < -0.39 is 0 Å². The molecule has 0 amide bonds. The topological polar surface area (TPSA) is 0 Å². The van der Waals surface area contributed by atoms with Gasteiger partial charge in [0.25, 0.3) is 0 Å². The molecule has 4 fully saturated rings. The van der Waals surface area contributed by atoms with Crippen molar-refractivity contribution in [2.24, 2.45) is 17.8 Å². The Bertz CT molecular complexity index is 396. The van der Waals surface area contributed by atoms with Gasteiger partial charge in [-0.3, -0.25) is 0 Å². The molecule has 0 heterocycles. The fourth-order valence-electron chi connectivity index (χ4n) is 5.18. The van der Waals surface area contributed by atoms with Gasteiger partial charge in [-0.05, 0) is 85.5 Å². The van der Waals surface area contributed by atoms with Crippen LogP contribution in [0.1, 0.15) is 44.1 Å². The van der Waals surface area contributed by atoms with Gasteiger partial charge in [-0.15, -0.1) is 0 Å². The molecule has 17 heavy (non-hydrogen) atoms. The first kappa shape index (κ1) is 10.1. The quantitative estimate of drug-likeness (QED) is 0.680. The largest absolute Gasteiger partial charge is 0.207 e. The molecule has 0 unspecified atom stereocenters. The van der Waals surface area contributed by atoms with Crippen LogP contribution in [-0.4, -0.2) is 0 Å². The molecule has 4 bridgehead atoms. The van der Waals surface area contributed by atoms with Crippen molar-refractivity contribution in [2.45, 2.75) is 43.9 Å². The number of hydrogen-bond acceptors (Lipinski definition) is 0. The third-order valence-electron chi connectivity index (χ3n) is 5.38. The van der Waals surface area contributed by atoms with E-state index in [2.05, 4.69) is 6.07 Å². The molecule has 0 atom stereocenters. The molecule has 4 aliphatic rings. The molecule has 4 aliphatic carbocycles. The average Bonchev–Trinajstić information content (AvgIpc) is 2.27. The Morgan fingerprint density at radius 1 is 1.00 bits per heavy atom. The molecular weight excluding hydrogens is 211 g/mol. The number of benzene rings is 1. The second kappa shape index (κ2) is 3.34. The van der Waals surface area contributed by atoms with E-state index in [0.717, 1.165) is 17.8 Å². The maximum atomic E-state index is 13.0. The summed E-state index contributed by atoms with van der Waals surface area (Å²) in [5, 5.41) is 0. The maximum absolute atomic E-state index is 13.0. The van der Waals surface area contributed by atoms with E-state index in [9.17, 15) is 4.39 Å². The van der Waals surface area contributed by atoms with Gasteiger partial charge >= 0.3 is 0 Å². The van der Waals surface area contributed by atoms with Gasteiger partial charge in [0.15, 0.2) is 0 Å². The Morgan fingerprint density at radius 2 is 1.59 bits per heavy atom. The van der Waals surface area contributed by atoms with E-state index >= 15 is 0 Å². The van der Waals surface area contributed by atoms with Crippen LogP contribution in [0.5, 0.6) is 0 Å². The van der Waals surface area contributed by atoms with Crippen molar-refractivity contribution < 1.29 is 4.39 Å². The highest BCUT2D eigenvalue weighted by molar-refractivity contribution is 5.28. The van der Waals surface area contributed by atoms with Crippen LogP contribution in [0, 0.1) is 29.6 Å².